The van der Waals surface area contributed by atoms with E-state index in [9.17, 15) is 9.59 Å². The number of amides is 1. The number of fused-ring (bicyclic) bond motifs is 2. The van der Waals surface area contributed by atoms with Gasteiger partial charge in [-0.2, -0.15) is 0 Å². The molecule has 3 aliphatic heterocycles. The summed E-state index contributed by atoms with van der Waals surface area (Å²) in [6.45, 7) is 11.0. The second kappa shape index (κ2) is 17.2. The standard InChI is InChI=1S/C45H53N3O6/c1-30(2)54-42(49)25-39-31(3)46-40(28-47(4)26-32-17-21-51-22-18-32)44(43(39)36-14-15-41-35(24-36)11-8-20-52-41)37-12-13-38-27-48(19-16-34(38)23-37)45(50)53-29-33-9-6-5-7-10-33/h5-7,9-10,12-15,23-24,30,32H,8,11,16-22,25-29H2,1-4H3. The number of aromatic nitrogens is 1. The lowest BCUT2D eigenvalue weighted by Gasteiger charge is -2.30. The number of carbonyl (C=O) groups excluding carboxylic acids is 2. The van der Waals surface area contributed by atoms with E-state index in [1.165, 1.54) is 11.1 Å². The molecule has 4 aromatic rings. The monoisotopic (exact) mass is 731 g/mol. The largest absolute Gasteiger partial charge is 0.493 e. The molecule has 54 heavy (non-hydrogen) atoms. The van der Waals surface area contributed by atoms with E-state index in [-0.39, 0.29) is 31.2 Å². The van der Waals surface area contributed by atoms with E-state index in [4.69, 9.17) is 23.9 Å². The number of benzene rings is 3. The lowest BCUT2D eigenvalue weighted by atomic mass is 9.85. The molecule has 9 nitrogen and oxygen atoms in total. The third-order valence-corrected chi connectivity index (χ3v) is 10.8. The van der Waals surface area contributed by atoms with Crippen LogP contribution in [0.1, 0.15) is 72.3 Å². The van der Waals surface area contributed by atoms with Gasteiger partial charge in [-0.1, -0.05) is 54.6 Å². The number of carbonyl (C=O) groups is 2. The minimum Gasteiger partial charge on any atom is -0.493 e. The molecule has 0 N–H and O–H groups in total. The Labute approximate surface area is 319 Å². The first-order valence-electron chi connectivity index (χ1n) is 19.5. The molecule has 0 saturated carbocycles. The Hall–Kier alpha value is -4.73. The SMILES string of the molecule is Cc1nc(CN(C)CC2CCOCC2)c(-c2ccc3c(c2)CCN(C(=O)OCc2ccccc2)C3)c(-c2ccc3c(c2)CCCO3)c1CC(=O)OC(C)C. The molecule has 284 valence electrons. The first kappa shape index (κ1) is 37.6. The van der Waals surface area contributed by atoms with Crippen molar-refractivity contribution in [3.63, 3.8) is 0 Å². The van der Waals surface area contributed by atoms with Crippen molar-refractivity contribution in [1.29, 1.82) is 0 Å². The zero-order valence-electron chi connectivity index (χ0n) is 32.2. The van der Waals surface area contributed by atoms with Crippen LogP contribution in [0, 0.1) is 12.8 Å². The molecule has 0 radical (unpaired) electrons. The van der Waals surface area contributed by atoms with E-state index >= 15 is 0 Å². The number of hydrogen-bond acceptors (Lipinski definition) is 8. The van der Waals surface area contributed by atoms with Crippen LogP contribution in [0.3, 0.4) is 0 Å². The highest BCUT2D eigenvalue weighted by molar-refractivity contribution is 5.91. The summed E-state index contributed by atoms with van der Waals surface area (Å²) in [7, 11) is 2.18. The Bertz CT molecular complexity index is 1950. The summed E-state index contributed by atoms with van der Waals surface area (Å²) >= 11 is 0. The Kier molecular flexibility index (Phi) is 11.9. The maximum absolute atomic E-state index is 13.4. The predicted molar refractivity (Wildman–Crippen MR) is 209 cm³/mol. The highest BCUT2D eigenvalue weighted by Gasteiger charge is 2.28. The van der Waals surface area contributed by atoms with E-state index in [0.29, 0.717) is 32.0 Å². The van der Waals surface area contributed by atoms with Crippen molar-refractivity contribution >= 4 is 12.1 Å². The summed E-state index contributed by atoms with van der Waals surface area (Å²) < 4.78 is 23.1. The van der Waals surface area contributed by atoms with Gasteiger partial charge >= 0.3 is 12.1 Å². The van der Waals surface area contributed by atoms with Gasteiger partial charge in [0, 0.05) is 50.7 Å². The van der Waals surface area contributed by atoms with Crippen LogP contribution in [0.5, 0.6) is 5.75 Å². The van der Waals surface area contributed by atoms with Crippen molar-refractivity contribution in [1.82, 2.24) is 14.8 Å². The summed E-state index contributed by atoms with van der Waals surface area (Å²) in [6.07, 6.45) is 4.34. The number of pyridine rings is 1. The van der Waals surface area contributed by atoms with Gasteiger partial charge in [-0.15, -0.1) is 0 Å². The second-order valence-electron chi connectivity index (χ2n) is 15.3. The van der Waals surface area contributed by atoms with Crippen LogP contribution in [-0.4, -0.2) is 72.9 Å². The van der Waals surface area contributed by atoms with Crippen LogP contribution < -0.4 is 4.74 Å². The molecule has 1 saturated heterocycles. The maximum atomic E-state index is 13.4. The molecule has 0 spiro atoms. The van der Waals surface area contributed by atoms with E-state index in [1.54, 1.807) is 4.90 Å². The van der Waals surface area contributed by atoms with Crippen LogP contribution in [0.4, 0.5) is 4.79 Å². The van der Waals surface area contributed by atoms with Crippen LogP contribution >= 0.6 is 0 Å². The first-order valence-corrected chi connectivity index (χ1v) is 19.5. The molecule has 9 heteroatoms. The molecular weight excluding hydrogens is 679 g/mol. The van der Waals surface area contributed by atoms with Gasteiger partial charge in [0.2, 0.25) is 0 Å². The van der Waals surface area contributed by atoms with Gasteiger partial charge in [-0.25, -0.2) is 4.79 Å². The van der Waals surface area contributed by atoms with Gasteiger partial charge in [0.25, 0.3) is 0 Å². The van der Waals surface area contributed by atoms with Crippen molar-refractivity contribution in [2.45, 2.75) is 85.1 Å². The highest BCUT2D eigenvalue weighted by Crippen LogP contribution is 2.42. The zero-order chi connectivity index (χ0) is 37.6. The fourth-order valence-corrected chi connectivity index (χ4v) is 8.09. The second-order valence-corrected chi connectivity index (χ2v) is 15.3. The fraction of sp³-hybridized carbons (Fsp3) is 0.444. The normalized spacial score (nSPS) is 15.8. The van der Waals surface area contributed by atoms with Gasteiger partial charge in [-0.05, 0) is 122 Å². The molecule has 0 atom stereocenters. The number of nitrogens with zero attached hydrogens (tertiary/aromatic N) is 3. The minimum atomic E-state index is -0.303. The van der Waals surface area contributed by atoms with Crippen LogP contribution in [0.2, 0.25) is 0 Å². The molecule has 1 amide bonds. The molecule has 3 aromatic carbocycles. The van der Waals surface area contributed by atoms with Crippen molar-refractivity contribution in [2.75, 3.05) is 40.0 Å². The molecule has 0 aliphatic carbocycles. The predicted octanol–water partition coefficient (Wildman–Crippen LogP) is 8.10. The maximum Gasteiger partial charge on any atom is 0.410 e. The highest BCUT2D eigenvalue weighted by atomic mass is 16.6. The van der Waals surface area contributed by atoms with Crippen LogP contribution in [0.15, 0.2) is 66.7 Å². The van der Waals surface area contributed by atoms with E-state index < -0.39 is 0 Å². The quantitative estimate of drug-likeness (QED) is 0.143. The van der Waals surface area contributed by atoms with Crippen LogP contribution in [0.25, 0.3) is 22.3 Å². The molecule has 0 bridgehead atoms. The molecule has 3 aliphatic rings. The average Bonchev–Trinajstić information content (AvgIpc) is 3.17. The molecule has 1 fully saturated rings. The number of esters is 1. The lowest BCUT2D eigenvalue weighted by Crippen LogP contribution is -2.36. The third-order valence-electron chi connectivity index (χ3n) is 10.8. The van der Waals surface area contributed by atoms with Crippen molar-refractivity contribution in [3.05, 3.63) is 106 Å². The van der Waals surface area contributed by atoms with E-state index in [2.05, 4.69) is 48.3 Å². The van der Waals surface area contributed by atoms with Gasteiger partial charge in [-0.3, -0.25) is 9.78 Å². The average molecular weight is 732 g/mol. The topological polar surface area (TPSA) is 90.4 Å². The zero-order valence-corrected chi connectivity index (χ0v) is 32.2. The van der Waals surface area contributed by atoms with E-state index in [1.807, 2.05) is 51.1 Å². The summed E-state index contributed by atoms with van der Waals surface area (Å²) in [5.41, 5.74) is 11.3. The molecular formula is C45H53N3O6. The van der Waals surface area contributed by atoms with Gasteiger partial charge in [0.1, 0.15) is 12.4 Å². The fourth-order valence-electron chi connectivity index (χ4n) is 8.09. The Balaban J connectivity index is 1.28. The van der Waals surface area contributed by atoms with Crippen molar-refractivity contribution < 1.29 is 28.5 Å². The lowest BCUT2D eigenvalue weighted by molar-refractivity contribution is -0.146. The van der Waals surface area contributed by atoms with E-state index in [0.717, 1.165) is 108 Å². The number of rotatable bonds is 11. The molecule has 0 unspecified atom stereocenters. The summed E-state index contributed by atoms with van der Waals surface area (Å²) in [5.74, 6) is 1.23. The summed E-state index contributed by atoms with van der Waals surface area (Å²) in [4.78, 5) is 36.0. The summed E-state index contributed by atoms with van der Waals surface area (Å²) in [6, 6.07) is 22.8. The molecule has 1 aromatic heterocycles. The Morgan fingerprint density at radius 2 is 1.69 bits per heavy atom. The smallest absolute Gasteiger partial charge is 0.410 e. The van der Waals surface area contributed by atoms with Crippen molar-refractivity contribution in [3.8, 4) is 28.0 Å². The number of hydrogen-bond donors (Lipinski definition) is 0. The van der Waals surface area contributed by atoms with Crippen LogP contribution in [-0.2, 0) is 58.0 Å². The Morgan fingerprint density at radius 1 is 0.926 bits per heavy atom. The molecule has 4 heterocycles. The number of ether oxygens (including phenoxy) is 4. The van der Waals surface area contributed by atoms with Gasteiger partial charge in [0.05, 0.1) is 24.8 Å². The van der Waals surface area contributed by atoms with Crippen molar-refractivity contribution in [2.24, 2.45) is 5.92 Å². The Morgan fingerprint density at radius 3 is 2.48 bits per heavy atom. The summed E-state index contributed by atoms with van der Waals surface area (Å²) in [5, 5.41) is 0. The van der Waals surface area contributed by atoms with Gasteiger partial charge in [0.15, 0.2) is 0 Å². The minimum absolute atomic E-state index is 0.121. The third kappa shape index (κ3) is 8.96. The van der Waals surface area contributed by atoms with Gasteiger partial charge < -0.3 is 28.7 Å². The molecule has 7 rings (SSSR count). The number of aryl methyl sites for hydroxylation is 2. The first-order chi connectivity index (χ1) is 26.2.